The number of fused-ring (bicyclic) bond motifs is 1. The van der Waals surface area contributed by atoms with Crippen molar-refractivity contribution in [2.24, 2.45) is 0 Å². The molecule has 0 saturated carbocycles. The lowest BCUT2D eigenvalue weighted by molar-refractivity contribution is 0.414. The number of hydrogen-bond donors (Lipinski definition) is 1. The molecule has 0 fully saturated rings. The number of imidazole rings is 1. The summed E-state index contributed by atoms with van der Waals surface area (Å²) in [6, 6.07) is 17.4. The van der Waals surface area contributed by atoms with E-state index >= 15 is 0 Å². The number of nitrogens with zero attached hydrogens (tertiary/aromatic N) is 2. The van der Waals surface area contributed by atoms with Crippen LogP contribution in [0.5, 0.6) is 5.75 Å². The standard InChI is InChI=1S/C19H14ClN3OS/c1-24-13-8-9-21-17(11-13)14-7-6-12(20)10-18(14)25-19-22-15-4-2-3-5-16(15)23-19/h2-11H,1H3,(H,22,23). The molecule has 0 saturated heterocycles. The fourth-order valence-corrected chi connectivity index (χ4v) is 3.78. The van der Waals surface area contributed by atoms with Gasteiger partial charge in [0.05, 0.1) is 23.8 Å². The van der Waals surface area contributed by atoms with Gasteiger partial charge >= 0.3 is 0 Å². The summed E-state index contributed by atoms with van der Waals surface area (Å²) >= 11 is 7.75. The van der Waals surface area contributed by atoms with Crippen molar-refractivity contribution in [3.05, 3.63) is 65.8 Å². The van der Waals surface area contributed by atoms with Crippen LogP contribution in [0.15, 0.2) is 70.8 Å². The second-order valence-corrected chi connectivity index (χ2v) is 6.85. The Kier molecular flexibility index (Phi) is 4.34. The van der Waals surface area contributed by atoms with Gasteiger partial charge in [-0.05, 0) is 30.3 Å². The first kappa shape index (κ1) is 16.0. The molecule has 124 valence electrons. The highest BCUT2D eigenvalue weighted by atomic mass is 35.5. The average Bonchev–Trinajstić information content (AvgIpc) is 3.04. The first-order valence-corrected chi connectivity index (χ1v) is 8.85. The minimum atomic E-state index is 0.672. The average molecular weight is 368 g/mol. The fourth-order valence-electron chi connectivity index (χ4n) is 2.56. The molecule has 6 heteroatoms. The number of methoxy groups -OCH3 is 1. The van der Waals surface area contributed by atoms with Gasteiger partial charge in [-0.25, -0.2) is 4.98 Å². The molecular formula is C19H14ClN3OS. The molecule has 0 aliphatic carbocycles. The zero-order chi connectivity index (χ0) is 17.2. The van der Waals surface area contributed by atoms with Crippen molar-refractivity contribution in [1.29, 1.82) is 0 Å². The van der Waals surface area contributed by atoms with E-state index in [0.29, 0.717) is 5.02 Å². The maximum absolute atomic E-state index is 6.22. The van der Waals surface area contributed by atoms with E-state index in [1.807, 2.05) is 54.6 Å². The van der Waals surface area contributed by atoms with Crippen LogP contribution in [0.25, 0.3) is 22.3 Å². The van der Waals surface area contributed by atoms with Crippen LogP contribution in [0.1, 0.15) is 0 Å². The van der Waals surface area contributed by atoms with E-state index in [1.165, 1.54) is 11.8 Å². The third kappa shape index (κ3) is 3.34. The SMILES string of the molecule is COc1ccnc(-c2ccc(Cl)cc2Sc2nc3ccccc3[nH]2)c1. The number of para-hydroxylation sites is 2. The van der Waals surface area contributed by atoms with Crippen molar-refractivity contribution in [1.82, 2.24) is 15.0 Å². The first-order valence-electron chi connectivity index (χ1n) is 7.65. The highest BCUT2D eigenvalue weighted by Crippen LogP contribution is 2.37. The van der Waals surface area contributed by atoms with Crippen molar-refractivity contribution in [2.75, 3.05) is 7.11 Å². The van der Waals surface area contributed by atoms with Crippen LogP contribution in [-0.2, 0) is 0 Å². The number of hydrogen-bond acceptors (Lipinski definition) is 4. The largest absolute Gasteiger partial charge is 0.497 e. The van der Waals surface area contributed by atoms with Gasteiger partial charge in [0.15, 0.2) is 5.16 Å². The van der Waals surface area contributed by atoms with Gasteiger partial charge in [0.1, 0.15) is 5.75 Å². The summed E-state index contributed by atoms with van der Waals surface area (Å²) in [4.78, 5) is 13.4. The molecule has 0 amide bonds. The van der Waals surface area contributed by atoms with E-state index in [0.717, 1.165) is 38.1 Å². The predicted molar refractivity (Wildman–Crippen MR) is 101 cm³/mol. The molecular weight excluding hydrogens is 354 g/mol. The molecule has 0 unspecified atom stereocenters. The molecule has 0 aliphatic rings. The number of halogens is 1. The molecule has 0 aliphatic heterocycles. The van der Waals surface area contributed by atoms with Crippen LogP contribution in [0.2, 0.25) is 5.02 Å². The maximum atomic E-state index is 6.22. The number of pyridine rings is 1. The van der Waals surface area contributed by atoms with Gasteiger partial charge in [0.25, 0.3) is 0 Å². The van der Waals surface area contributed by atoms with Crippen molar-refractivity contribution >= 4 is 34.4 Å². The maximum Gasteiger partial charge on any atom is 0.171 e. The number of H-pyrrole nitrogens is 1. The summed E-state index contributed by atoms with van der Waals surface area (Å²) in [5.41, 5.74) is 3.75. The van der Waals surface area contributed by atoms with Crippen LogP contribution >= 0.6 is 23.4 Å². The summed E-state index contributed by atoms with van der Waals surface area (Å²) in [5, 5.41) is 1.48. The zero-order valence-electron chi connectivity index (χ0n) is 13.4. The molecule has 2 heterocycles. The lowest BCUT2D eigenvalue weighted by Gasteiger charge is -2.09. The smallest absolute Gasteiger partial charge is 0.171 e. The molecule has 4 aromatic rings. The third-order valence-electron chi connectivity index (χ3n) is 3.76. The lowest BCUT2D eigenvalue weighted by Crippen LogP contribution is -1.89. The monoisotopic (exact) mass is 367 g/mol. The topological polar surface area (TPSA) is 50.8 Å². The van der Waals surface area contributed by atoms with Crippen molar-refractivity contribution in [3.63, 3.8) is 0 Å². The first-order chi connectivity index (χ1) is 12.2. The van der Waals surface area contributed by atoms with E-state index in [1.54, 1.807) is 13.3 Å². The number of nitrogens with one attached hydrogen (secondary N) is 1. The molecule has 0 spiro atoms. The number of aromatic amines is 1. The van der Waals surface area contributed by atoms with E-state index < -0.39 is 0 Å². The number of rotatable bonds is 4. The lowest BCUT2D eigenvalue weighted by atomic mass is 10.1. The number of benzene rings is 2. The van der Waals surface area contributed by atoms with E-state index in [9.17, 15) is 0 Å². The zero-order valence-corrected chi connectivity index (χ0v) is 14.9. The molecule has 2 aromatic heterocycles. The van der Waals surface area contributed by atoms with Crippen LogP contribution in [0.4, 0.5) is 0 Å². The normalized spacial score (nSPS) is 11.0. The molecule has 4 nitrogen and oxygen atoms in total. The van der Waals surface area contributed by atoms with Gasteiger partial charge in [-0.2, -0.15) is 0 Å². The van der Waals surface area contributed by atoms with Gasteiger partial charge in [-0.15, -0.1) is 0 Å². The molecule has 25 heavy (non-hydrogen) atoms. The highest BCUT2D eigenvalue weighted by Gasteiger charge is 2.12. The van der Waals surface area contributed by atoms with Crippen LogP contribution in [-0.4, -0.2) is 22.1 Å². The summed E-state index contributed by atoms with van der Waals surface area (Å²) in [6.45, 7) is 0. The molecule has 0 bridgehead atoms. The Morgan fingerprint density at radius 2 is 1.96 bits per heavy atom. The van der Waals surface area contributed by atoms with Gasteiger partial charge in [0.2, 0.25) is 0 Å². The van der Waals surface area contributed by atoms with E-state index in [2.05, 4.69) is 15.0 Å². The van der Waals surface area contributed by atoms with E-state index in [-0.39, 0.29) is 0 Å². The predicted octanol–water partition coefficient (Wildman–Crippen LogP) is 5.44. The Bertz CT molecular complexity index is 1010. The Hall–Kier alpha value is -2.50. The molecule has 0 atom stereocenters. The molecule has 4 rings (SSSR count). The molecule has 1 N–H and O–H groups in total. The quantitative estimate of drug-likeness (QED) is 0.522. The summed E-state index contributed by atoms with van der Waals surface area (Å²) in [7, 11) is 1.64. The molecule has 2 aromatic carbocycles. The summed E-state index contributed by atoms with van der Waals surface area (Å²) in [6.07, 6.45) is 1.73. The summed E-state index contributed by atoms with van der Waals surface area (Å²) in [5.74, 6) is 0.764. The van der Waals surface area contributed by atoms with Gasteiger partial charge in [0, 0.05) is 27.7 Å². The Balaban J connectivity index is 1.76. The second-order valence-electron chi connectivity index (χ2n) is 5.38. The van der Waals surface area contributed by atoms with Gasteiger partial charge in [-0.3, -0.25) is 4.98 Å². The fraction of sp³-hybridized carbons (Fsp3) is 0.0526. The second kappa shape index (κ2) is 6.78. The Morgan fingerprint density at radius 1 is 1.08 bits per heavy atom. The summed E-state index contributed by atoms with van der Waals surface area (Å²) < 4.78 is 5.31. The minimum absolute atomic E-state index is 0.672. The Labute approximate surface area is 154 Å². The van der Waals surface area contributed by atoms with E-state index in [4.69, 9.17) is 16.3 Å². The van der Waals surface area contributed by atoms with Crippen LogP contribution in [0, 0.1) is 0 Å². The Morgan fingerprint density at radius 3 is 2.80 bits per heavy atom. The van der Waals surface area contributed by atoms with Crippen LogP contribution < -0.4 is 4.74 Å². The highest BCUT2D eigenvalue weighted by molar-refractivity contribution is 7.99. The van der Waals surface area contributed by atoms with Crippen molar-refractivity contribution in [2.45, 2.75) is 10.1 Å². The minimum Gasteiger partial charge on any atom is -0.497 e. The van der Waals surface area contributed by atoms with Crippen molar-refractivity contribution < 1.29 is 4.74 Å². The van der Waals surface area contributed by atoms with Crippen LogP contribution in [0.3, 0.4) is 0 Å². The number of ether oxygens (including phenoxy) is 1. The number of aromatic nitrogens is 3. The van der Waals surface area contributed by atoms with Gasteiger partial charge < -0.3 is 9.72 Å². The third-order valence-corrected chi connectivity index (χ3v) is 4.94. The molecule has 0 radical (unpaired) electrons. The van der Waals surface area contributed by atoms with Crippen molar-refractivity contribution in [3.8, 4) is 17.0 Å². The van der Waals surface area contributed by atoms with Gasteiger partial charge in [-0.1, -0.05) is 41.6 Å².